The molecule has 0 aromatic heterocycles. The Kier molecular flexibility index (Phi) is 6.49. The molecule has 1 N–H and O–H groups in total. The number of carbonyl (C=O) groups is 1. The summed E-state index contributed by atoms with van der Waals surface area (Å²) >= 11 is 0. The van der Waals surface area contributed by atoms with Gasteiger partial charge in [0, 0.05) is 11.6 Å². The second-order valence-corrected chi connectivity index (χ2v) is 5.07. The first-order valence-electron chi connectivity index (χ1n) is 8.19. The molecule has 0 saturated heterocycles. The lowest BCUT2D eigenvalue weighted by Gasteiger charge is -2.06. The summed E-state index contributed by atoms with van der Waals surface area (Å²) in [5.41, 5.74) is 1.06. The van der Waals surface area contributed by atoms with Gasteiger partial charge in [-0.05, 0) is 35.9 Å². The van der Waals surface area contributed by atoms with Gasteiger partial charge in [0.05, 0.1) is 14.2 Å². The highest BCUT2D eigenvalue weighted by Crippen LogP contribution is 2.41. The Bertz CT molecular complexity index is 788. The van der Waals surface area contributed by atoms with Crippen molar-refractivity contribution in [1.29, 1.82) is 0 Å². The second-order valence-electron chi connectivity index (χ2n) is 5.07. The number of benzene rings is 2. The first-order valence-corrected chi connectivity index (χ1v) is 8.19. The van der Waals surface area contributed by atoms with Crippen LogP contribution >= 0.6 is 0 Å². The molecule has 2 aromatic carbocycles. The van der Waals surface area contributed by atoms with Crippen LogP contribution in [0.25, 0.3) is 6.08 Å². The first-order chi connectivity index (χ1) is 12.6. The van der Waals surface area contributed by atoms with Gasteiger partial charge in [-0.2, -0.15) is 0 Å². The number of methoxy groups -OCH3 is 2. The van der Waals surface area contributed by atoms with Gasteiger partial charge in [-0.15, -0.1) is 0 Å². The molecule has 0 saturated carbocycles. The minimum Gasteiger partial charge on any atom is -0.504 e. The molecule has 0 atom stereocenters. The van der Waals surface area contributed by atoms with Crippen molar-refractivity contribution in [2.24, 2.45) is 0 Å². The molecule has 6 heteroatoms. The molecule has 3 rings (SSSR count). The van der Waals surface area contributed by atoms with Crippen LogP contribution in [0.2, 0.25) is 0 Å². The van der Waals surface area contributed by atoms with Crippen LogP contribution in [0.1, 0.15) is 29.8 Å². The fourth-order valence-electron chi connectivity index (χ4n) is 2.33. The summed E-state index contributed by atoms with van der Waals surface area (Å²) in [7, 11) is 3.04. The lowest BCUT2D eigenvalue weighted by atomic mass is 10.1. The summed E-state index contributed by atoms with van der Waals surface area (Å²) < 4.78 is 20.7. The van der Waals surface area contributed by atoms with Crippen molar-refractivity contribution >= 4 is 11.9 Å². The third kappa shape index (κ3) is 4.27. The Hall–Kier alpha value is -3.15. The zero-order valence-electron chi connectivity index (χ0n) is 15.2. The van der Waals surface area contributed by atoms with Crippen LogP contribution in [0.3, 0.4) is 0 Å². The minimum absolute atomic E-state index is 0.0276. The van der Waals surface area contributed by atoms with E-state index in [2.05, 4.69) is 0 Å². The van der Waals surface area contributed by atoms with Crippen LogP contribution in [0, 0.1) is 0 Å². The minimum atomic E-state index is -0.218. The van der Waals surface area contributed by atoms with Crippen LogP contribution < -0.4 is 18.9 Å². The molecule has 2 aromatic rings. The highest BCUT2D eigenvalue weighted by molar-refractivity contribution is 6.07. The molecule has 1 aliphatic heterocycles. The molecule has 1 aliphatic rings. The van der Waals surface area contributed by atoms with Gasteiger partial charge in [0.1, 0.15) is 11.5 Å². The zero-order chi connectivity index (χ0) is 19.1. The smallest absolute Gasteiger partial charge is 0.231 e. The maximum absolute atomic E-state index is 12.4. The van der Waals surface area contributed by atoms with Gasteiger partial charge in [-0.25, -0.2) is 0 Å². The van der Waals surface area contributed by atoms with E-state index in [1.54, 1.807) is 30.3 Å². The topological polar surface area (TPSA) is 74.2 Å². The van der Waals surface area contributed by atoms with E-state index in [1.807, 2.05) is 13.8 Å². The second kappa shape index (κ2) is 8.80. The number of ether oxygens (including phenoxy) is 4. The van der Waals surface area contributed by atoms with Crippen molar-refractivity contribution in [2.45, 2.75) is 13.8 Å². The molecule has 138 valence electrons. The number of phenolic OH excluding ortho intramolecular Hbond substituents is 1. The highest BCUT2D eigenvalue weighted by Gasteiger charge is 2.18. The number of phenols is 1. The van der Waals surface area contributed by atoms with E-state index in [9.17, 15) is 9.90 Å². The van der Waals surface area contributed by atoms with E-state index < -0.39 is 0 Å². The number of ketones is 1. The summed E-state index contributed by atoms with van der Waals surface area (Å²) in [6.07, 6.45) is 3.00. The molecule has 6 nitrogen and oxygen atoms in total. The molecule has 0 unspecified atom stereocenters. The SMILES string of the molecule is CC.COc1cc(OC)cc(C(=O)/C=C/c2cc(O)c3c(c2)OCO3)c1. The normalized spacial score (nSPS) is 11.7. The van der Waals surface area contributed by atoms with Gasteiger partial charge in [-0.1, -0.05) is 19.9 Å². The van der Waals surface area contributed by atoms with Crippen molar-refractivity contribution in [3.8, 4) is 28.7 Å². The van der Waals surface area contributed by atoms with Crippen molar-refractivity contribution in [1.82, 2.24) is 0 Å². The third-order valence-electron chi connectivity index (χ3n) is 3.54. The molecule has 1 heterocycles. The molecule has 0 fully saturated rings. The Morgan fingerprint density at radius 3 is 2.31 bits per heavy atom. The zero-order valence-corrected chi connectivity index (χ0v) is 15.2. The fourth-order valence-corrected chi connectivity index (χ4v) is 2.33. The number of rotatable bonds is 5. The van der Waals surface area contributed by atoms with Gasteiger partial charge in [-0.3, -0.25) is 4.79 Å². The van der Waals surface area contributed by atoms with E-state index in [4.69, 9.17) is 18.9 Å². The van der Waals surface area contributed by atoms with Crippen LogP contribution in [-0.2, 0) is 0 Å². The maximum Gasteiger partial charge on any atom is 0.231 e. The summed E-state index contributed by atoms with van der Waals surface area (Å²) in [5, 5.41) is 9.87. The number of hydrogen-bond acceptors (Lipinski definition) is 6. The average Bonchev–Trinajstić information content (AvgIpc) is 3.16. The van der Waals surface area contributed by atoms with Crippen LogP contribution in [0.4, 0.5) is 0 Å². The van der Waals surface area contributed by atoms with Crippen LogP contribution in [0.5, 0.6) is 28.7 Å². The average molecular weight is 358 g/mol. The van der Waals surface area contributed by atoms with E-state index in [0.29, 0.717) is 34.1 Å². The van der Waals surface area contributed by atoms with Crippen LogP contribution in [0.15, 0.2) is 36.4 Å². The largest absolute Gasteiger partial charge is 0.504 e. The lowest BCUT2D eigenvalue weighted by Crippen LogP contribution is -1.97. The highest BCUT2D eigenvalue weighted by atomic mass is 16.7. The van der Waals surface area contributed by atoms with E-state index in [0.717, 1.165) is 0 Å². The van der Waals surface area contributed by atoms with Gasteiger partial charge in [0.2, 0.25) is 12.5 Å². The summed E-state index contributed by atoms with van der Waals surface area (Å²) in [5.74, 6) is 1.59. The molecule has 26 heavy (non-hydrogen) atoms. The Morgan fingerprint density at radius 1 is 1.04 bits per heavy atom. The number of fused-ring (bicyclic) bond motifs is 1. The molecular formula is C20H22O6. The molecule has 0 amide bonds. The van der Waals surface area contributed by atoms with Crippen molar-refractivity contribution in [3.05, 3.63) is 47.5 Å². The standard InChI is InChI=1S/C18H16O6.C2H6/c1-21-13-7-12(8-14(9-13)22-2)15(19)4-3-11-5-16(20)18-17(6-11)23-10-24-18;1-2/h3-9,20H,10H2,1-2H3;1-2H3/b4-3+;. The Balaban J connectivity index is 0.00000117. The van der Waals surface area contributed by atoms with Crippen molar-refractivity contribution < 1.29 is 28.8 Å². The Morgan fingerprint density at radius 2 is 1.69 bits per heavy atom. The van der Waals surface area contributed by atoms with Crippen molar-refractivity contribution in [3.63, 3.8) is 0 Å². The third-order valence-corrected chi connectivity index (χ3v) is 3.54. The van der Waals surface area contributed by atoms with E-state index in [-0.39, 0.29) is 18.3 Å². The van der Waals surface area contributed by atoms with Gasteiger partial charge >= 0.3 is 0 Å². The van der Waals surface area contributed by atoms with Crippen LogP contribution in [-0.4, -0.2) is 31.9 Å². The molecule has 0 radical (unpaired) electrons. The fraction of sp³-hybridized carbons (Fsp3) is 0.250. The van der Waals surface area contributed by atoms with Gasteiger partial charge in [0.15, 0.2) is 17.3 Å². The molecular weight excluding hydrogens is 336 g/mol. The van der Waals surface area contributed by atoms with E-state index >= 15 is 0 Å². The van der Waals surface area contributed by atoms with Gasteiger partial charge in [0.25, 0.3) is 0 Å². The first kappa shape index (κ1) is 19.2. The lowest BCUT2D eigenvalue weighted by molar-refractivity contribution is 0.104. The van der Waals surface area contributed by atoms with E-state index in [1.165, 1.54) is 26.4 Å². The number of allylic oxidation sites excluding steroid dienone is 1. The Labute approximate surface area is 152 Å². The van der Waals surface area contributed by atoms with Crippen molar-refractivity contribution in [2.75, 3.05) is 21.0 Å². The monoisotopic (exact) mass is 358 g/mol. The molecule has 0 aliphatic carbocycles. The van der Waals surface area contributed by atoms with Gasteiger partial charge < -0.3 is 24.1 Å². The summed E-state index contributed by atoms with van der Waals surface area (Å²) in [4.78, 5) is 12.4. The quantitative estimate of drug-likeness (QED) is 0.642. The molecule has 0 bridgehead atoms. The summed E-state index contributed by atoms with van der Waals surface area (Å²) in [6.45, 7) is 4.07. The predicted molar refractivity (Wildman–Crippen MR) is 98.5 cm³/mol. The number of hydrogen-bond donors (Lipinski definition) is 1. The number of aromatic hydroxyl groups is 1. The summed E-state index contributed by atoms with van der Waals surface area (Å²) in [6, 6.07) is 8.15. The predicted octanol–water partition coefficient (Wildman–Crippen LogP) is 4.06. The maximum atomic E-state index is 12.4. The molecule has 0 spiro atoms. The number of carbonyl (C=O) groups excluding carboxylic acids is 1.